The van der Waals surface area contributed by atoms with E-state index in [4.69, 9.17) is 0 Å². The first-order chi connectivity index (χ1) is 11.2. The summed E-state index contributed by atoms with van der Waals surface area (Å²) in [6.45, 7) is 6.40. The highest BCUT2D eigenvalue weighted by Gasteiger charge is 2.19. The number of nitrogens with zero attached hydrogens (tertiary/aromatic N) is 1. The minimum Gasteiger partial charge on any atom is -0.350 e. The summed E-state index contributed by atoms with van der Waals surface area (Å²) in [5.74, 6) is -0.875. The Morgan fingerprint density at radius 1 is 1.04 bits per heavy atom. The fourth-order valence-corrected chi connectivity index (χ4v) is 2.73. The number of amides is 1. The molecule has 0 bridgehead atoms. The third kappa shape index (κ3) is 4.39. The fourth-order valence-electron chi connectivity index (χ4n) is 2.73. The lowest BCUT2D eigenvalue weighted by Gasteiger charge is -2.30. The summed E-state index contributed by atoms with van der Waals surface area (Å²) in [6, 6.07) is 16.2. The standard InChI is InChI=1S/C19H23FN2O/c1-3-22(4-2)18(15-10-6-5-7-11-15)14-21-19(23)16-12-8-9-13-17(16)20/h5-13,18H,3-4,14H2,1-2H3,(H,21,23). The molecule has 3 nitrogen and oxygen atoms in total. The molecule has 1 atom stereocenters. The third-order valence-electron chi connectivity index (χ3n) is 4.01. The quantitative estimate of drug-likeness (QED) is 0.846. The molecular formula is C19H23FN2O. The van der Waals surface area contributed by atoms with E-state index in [0.717, 1.165) is 18.7 Å². The minimum atomic E-state index is -0.496. The molecular weight excluding hydrogens is 291 g/mol. The molecule has 2 aromatic rings. The average Bonchev–Trinajstić information content (AvgIpc) is 2.59. The maximum absolute atomic E-state index is 13.7. The fraction of sp³-hybridized carbons (Fsp3) is 0.316. The van der Waals surface area contributed by atoms with E-state index in [9.17, 15) is 9.18 Å². The maximum atomic E-state index is 13.7. The van der Waals surface area contributed by atoms with Crippen LogP contribution in [0.4, 0.5) is 4.39 Å². The summed E-state index contributed by atoms with van der Waals surface area (Å²) in [6.07, 6.45) is 0. The SMILES string of the molecule is CCN(CC)C(CNC(=O)c1ccccc1F)c1ccccc1. The highest BCUT2D eigenvalue weighted by atomic mass is 19.1. The number of rotatable bonds is 7. The van der Waals surface area contributed by atoms with Crippen LogP contribution in [0.5, 0.6) is 0 Å². The first-order valence-corrected chi connectivity index (χ1v) is 7.99. The van der Waals surface area contributed by atoms with Crippen molar-refractivity contribution in [2.45, 2.75) is 19.9 Å². The molecule has 0 aliphatic heterocycles. The summed E-state index contributed by atoms with van der Waals surface area (Å²) in [5.41, 5.74) is 1.23. The molecule has 0 spiro atoms. The molecule has 23 heavy (non-hydrogen) atoms. The zero-order chi connectivity index (χ0) is 16.7. The molecule has 2 rings (SSSR count). The lowest BCUT2D eigenvalue weighted by Crippen LogP contribution is -2.38. The van der Waals surface area contributed by atoms with Crippen molar-refractivity contribution in [2.75, 3.05) is 19.6 Å². The van der Waals surface area contributed by atoms with Crippen LogP contribution in [0.2, 0.25) is 0 Å². The van der Waals surface area contributed by atoms with E-state index in [1.165, 1.54) is 12.1 Å². The molecule has 0 fully saturated rings. The predicted molar refractivity (Wildman–Crippen MR) is 90.8 cm³/mol. The van der Waals surface area contributed by atoms with Gasteiger partial charge in [0.05, 0.1) is 11.6 Å². The van der Waals surface area contributed by atoms with Crippen LogP contribution in [0.25, 0.3) is 0 Å². The lowest BCUT2D eigenvalue weighted by atomic mass is 10.0. The molecule has 0 radical (unpaired) electrons. The van der Waals surface area contributed by atoms with Crippen molar-refractivity contribution in [2.24, 2.45) is 0 Å². The molecule has 1 N–H and O–H groups in total. The van der Waals surface area contributed by atoms with Crippen molar-refractivity contribution in [3.8, 4) is 0 Å². The van der Waals surface area contributed by atoms with E-state index in [0.29, 0.717) is 6.54 Å². The average molecular weight is 314 g/mol. The molecule has 0 saturated carbocycles. The Bertz CT molecular complexity index is 626. The van der Waals surface area contributed by atoms with Crippen LogP contribution >= 0.6 is 0 Å². The van der Waals surface area contributed by atoms with Crippen molar-refractivity contribution < 1.29 is 9.18 Å². The predicted octanol–water partition coefficient (Wildman–Crippen LogP) is 3.64. The van der Waals surface area contributed by atoms with Gasteiger partial charge in [-0.05, 0) is 30.8 Å². The number of likely N-dealkylation sites (N-methyl/N-ethyl adjacent to an activating group) is 1. The van der Waals surface area contributed by atoms with Crippen molar-refractivity contribution >= 4 is 5.91 Å². The molecule has 1 amide bonds. The summed E-state index contributed by atoms with van der Waals surface area (Å²) in [4.78, 5) is 14.5. The third-order valence-corrected chi connectivity index (χ3v) is 4.01. The topological polar surface area (TPSA) is 32.3 Å². The highest BCUT2D eigenvalue weighted by molar-refractivity contribution is 5.94. The molecule has 2 aromatic carbocycles. The Morgan fingerprint density at radius 2 is 1.65 bits per heavy atom. The number of halogens is 1. The van der Waals surface area contributed by atoms with E-state index in [1.54, 1.807) is 12.1 Å². The van der Waals surface area contributed by atoms with Gasteiger partial charge in [0.2, 0.25) is 0 Å². The molecule has 0 aromatic heterocycles. The maximum Gasteiger partial charge on any atom is 0.254 e. The minimum absolute atomic E-state index is 0.0712. The van der Waals surface area contributed by atoms with Crippen LogP contribution in [0.15, 0.2) is 54.6 Å². The van der Waals surface area contributed by atoms with Gasteiger partial charge >= 0.3 is 0 Å². The molecule has 0 aliphatic rings. The number of hydrogen-bond donors (Lipinski definition) is 1. The van der Waals surface area contributed by atoms with Crippen molar-refractivity contribution in [1.29, 1.82) is 0 Å². The second kappa shape index (κ2) is 8.44. The van der Waals surface area contributed by atoms with Gasteiger partial charge in [0.15, 0.2) is 0 Å². The normalized spacial score (nSPS) is 12.2. The molecule has 4 heteroatoms. The lowest BCUT2D eigenvalue weighted by molar-refractivity contribution is 0.0931. The zero-order valence-electron chi connectivity index (χ0n) is 13.6. The number of carbonyl (C=O) groups is 1. The zero-order valence-corrected chi connectivity index (χ0v) is 13.6. The van der Waals surface area contributed by atoms with E-state index in [-0.39, 0.29) is 17.5 Å². The Labute approximate surface area is 137 Å². The monoisotopic (exact) mass is 314 g/mol. The largest absolute Gasteiger partial charge is 0.350 e. The van der Waals surface area contributed by atoms with Gasteiger partial charge in [-0.3, -0.25) is 9.69 Å². The van der Waals surface area contributed by atoms with Crippen LogP contribution in [0.3, 0.4) is 0 Å². The number of nitrogens with one attached hydrogen (secondary N) is 1. The van der Waals surface area contributed by atoms with Crippen LogP contribution in [0.1, 0.15) is 35.8 Å². The first kappa shape index (κ1) is 17.2. The molecule has 0 aliphatic carbocycles. The van der Waals surface area contributed by atoms with Crippen LogP contribution < -0.4 is 5.32 Å². The van der Waals surface area contributed by atoms with E-state index in [1.807, 2.05) is 18.2 Å². The smallest absolute Gasteiger partial charge is 0.254 e. The summed E-state index contributed by atoms with van der Waals surface area (Å²) >= 11 is 0. The molecule has 0 saturated heterocycles. The van der Waals surface area contributed by atoms with Gasteiger partial charge in [0, 0.05) is 6.54 Å². The van der Waals surface area contributed by atoms with Gasteiger partial charge in [-0.2, -0.15) is 0 Å². The Hall–Kier alpha value is -2.20. The van der Waals surface area contributed by atoms with Gasteiger partial charge in [-0.15, -0.1) is 0 Å². The van der Waals surface area contributed by atoms with E-state index < -0.39 is 5.82 Å². The van der Waals surface area contributed by atoms with Crippen LogP contribution in [0, 0.1) is 5.82 Å². The van der Waals surface area contributed by atoms with E-state index >= 15 is 0 Å². The summed E-state index contributed by atoms with van der Waals surface area (Å²) in [7, 11) is 0. The van der Waals surface area contributed by atoms with Gasteiger partial charge in [-0.1, -0.05) is 56.3 Å². The molecule has 0 heterocycles. The van der Waals surface area contributed by atoms with Gasteiger partial charge in [0.1, 0.15) is 5.82 Å². The first-order valence-electron chi connectivity index (χ1n) is 7.99. The Balaban J connectivity index is 2.12. The van der Waals surface area contributed by atoms with E-state index in [2.05, 4.69) is 36.2 Å². The van der Waals surface area contributed by atoms with Crippen LogP contribution in [-0.2, 0) is 0 Å². The van der Waals surface area contributed by atoms with Gasteiger partial charge < -0.3 is 5.32 Å². The number of carbonyl (C=O) groups excluding carboxylic acids is 1. The summed E-state index contributed by atoms with van der Waals surface area (Å²) < 4.78 is 13.7. The second-order valence-corrected chi connectivity index (χ2v) is 5.34. The van der Waals surface area contributed by atoms with Gasteiger partial charge in [0.25, 0.3) is 5.91 Å². The second-order valence-electron chi connectivity index (χ2n) is 5.34. The molecule has 122 valence electrons. The van der Waals surface area contributed by atoms with Crippen molar-refractivity contribution in [1.82, 2.24) is 10.2 Å². The number of hydrogen-bond acceptors (Lipinski definition) is 2. The van der Waals surface area contributed by atoms with Crippen LogP contribution in [-0.4, -0.2) is 30.4 Å². The number of benzene rings is 2. The van der Waals surface area contributed by atoms with Crippen molar-refractivity contribution in [3.05, 3.63) is 71.5 Å². The van der Waals surface area contributed by atoms with Crippen molar-refractivity contribution in [3.63, 3.8) is 0 Å². The summed E-state index contributed by atoms with van der Waals surface area (Å²) in [5, 5.41) is 2.87. The Morgan fingerprint density at radius 3 is 2.26 bits per heavy atom. The Kier molecular flexibility index (Phi) is 6.29. The highest BCUT2D eigenvalue weighted by Crippen LogP contribution is 2.19. The molecule has 1 unspecified atom stereocenters. The van der Waals surface area contributed by atoms with Gasteiger partial charge in [-0.25, -0.2) is 4.39 Å².